The van der Waals surface area contributed by atoms with Gasteiger partial charge in [-0.1, -0.05) is 50.6 Å². The van der Waals surface area contributed by atoms with E-state index in [1.807, 2.05) is 0 Å². The minimum absolute atomic E-state index is 0.0514. The summed E-state index contributed by atoms with van der Waals surface area (Å²) in [6.45, 7) is 13.0. The Kier molecular flexibility index (Phi) is 5.55. The molecule has 4 heteroatoms. The van der Waals surface area contributed by atoms with Crippen molar-refractivity contribution in [2.24, 2.45) is 22.7 Å². The van der Waals surface area contributed by atoms with Crippen LogP contribution in [0.4, 0.5) is 0 Å². The average molecular weight is 464 g/mol. The number of para-hydroxylation sites is 1. The fraction of sp³-hybridized carbons (Fsp3) is 0.633. The topological polar surface area (TPSA) is 62.3 Å². The van der Waals surface area contributed by atoms with Gasteiger partial charge >= 0.3 is 5.97 Å². The molecule has 0 spiro atoms. The molecule has 1 aromatic heterocycles. The summed E-state index contributed by atoms with van der Waals surface area (Å²) >= 11 is 0. The summed E-state index contributed by atoms with van der Waals surface area (Å²) in [5, 5.41) is 13.1. The van der Waals surface area contributed by atoms with Crippen molar-refractivity contribution < 1.29 is 14.6 Å². The lowest BCUT2D eigenvalue weighted by Gasteiger charge is -2.66. The molecule has 184 valence electrons. The largest absolute Gasteiger partial charge is 0.462 e. The van der Waals surface area contributed by atoms with Crippen molar-refractivity contribution in [1.29, 1.82) is 0 Å². The first-order chi connectivity index (χ1) is 16.0. The van der Waals surface area contributed by atoms with E-state index >= 15 is 0 Å². The number of nitrogens with one attached hydrogen (secondary N) is 1. The van der Waals surface area contributed by atoms with Crippen LogP contribution in [0.5, 0.6) is 0 Å². The number of carbonyl (C=O) groups is 1. The van der Waals surface area contributed by atoms with Crippen LogP contribution < -0.4 is 0 Å². The summed E-state index contributed by atoms with van der Waals surface area (Å²) in [7, 11) is 0. The van der Waals surface area contributed by atoms with Crippen molar-refractivity contribution in [3.63, 3.8) is 0 Å². The maximum atomic E-state index is 12.1. The van der Waals surface area contributed by atoms with Gasteiger partial charge in [-0.15, -0.1) is 0 Å². The number of fused-ring (bicyclic) bond motifs is 7. The van der Waals surface area contributed by atoms with Gasteiger partial charge in [0.1, 0.15) is 6.10 Å². The first kappa shape index (κ1) is 23.7. The highest BCUT2D eigenvalue weighted by Gasteiger charge is 2.69. The Bertz CT molecular complexity index is 1140. The quantitative estimate of drug-likeness (QED) is 0.404. The number of allylic oxidation sites excluding steroid dienone is 2. The number of aromatic nitrogens is 1. The van der Waals surface area contributed by atoms with Crippen LogP contribution in [0, 0.1) is 22.7 Å². The number of ether oxygens (including phenoxy) is 1. The number of hydrogen-bond acceptors (Lipinski definition) is 3. The summed E-state index contributed by atoms with van der Waals surface area (Å²) in [5.41, 5.74) is 4.93. The number of aliphatic hydroxyl groups excluding tert-OH is 1. The van der Waals surface area contributed by atoms with E-state index in [0.29, 0.717) is 5.92 Å². The molecule has 3 aliphatic carbocycles. The van der Waals surface area contributed by atoms with Crippen LogP contribution in [-0.4, -0.2) is 28.3 Å². The molecular formula is C30H41NO3. The number of benzene rings is 1. The molecule has 7 atom stereocenters. The second kappa shape index (κ2) is 7.98. The smallest absolute Gasteiger partial charge is 0.302 e. The van der Waals surface area contributed by atoms with Gasteiger partial charge in [0.25, 0.3) is 0 Å². The first-order valence-electron chi connectivity index (χ1n) is 13.1. The van der Waals surface area contributed by atoms with Crippen LogP contribution in [0.25, 0.3) is 10.9 Å². The van der Waals surface area contributed by atoms with Gasteiger partial charge in [0, 0.05) is 34.4 Å². The Balaban J connectivity index is 1.63. The van der Waals surface area contributed by atoms with Crippen molar-refractivity contribution in [1.82, 2.24) is 4.98 Å². The van der Waals surface area contributed by atoms with Crippen molar-refractivity contribution in [3.05, 3.63) is 47.2 Å². The minimum Gasteiger partial charge on any atom is -0.462 e. The van der Waals surface area contributed by atoms with Crippen LogP contribution >= 0.6 is 0 Å². The Morgan fingerprint density at radius 3 is 2.65 bits per heavy atom. The van der Waals surface area contributed by atoms with Crippen LogP contribution in [0.2, 0.25) is 0 Å². The summed E-state index contributed by atoms with van der Waals surface area (Å²) in [5.74, 6) is 0.263. The molecule has 2 N–H and O–H groups in total. The molecule has 0 bridgehead atoms. The van der Waals surface area contributed by atoms with Gasteiger partial charge in [0.05, 0.1) is 6.10 Å². The van der Waals surface area contributed by atoms with E-state index in [0.717, 1.165) is 38.5 Å². The second-order valence-corrected chi connectivity index (χ2v) is 12.3. The maximum absolute atomic E-state index is 12.1. The highest BCUT2D eigenvalue weighted by molar-refractivity contribution is 5.86. The zero-order chi connectivity index (χ0) is 24.5. The Morgan fingerprint density at radius 1 is 1.21 bits per heavy atom. The van der Waals surface area contributed by atoms with Gasteiger partial charge in [-0.3, -0.25) is 4.79 Å². The average Bonchev–Trinajstić information content (AvgIpc) is 3.25. The van der Waals surface area contributed by atoms with Crippen molar-refractivity contribution in [3.8, 4) is 0 Å². The maximum Gasteiger partial charge on any atom is 0.302 e. The molecule has 0 radical (unpaired) electrons. The first-order valence-corrected chi connectivity index (χ1v) is 13.1. The van der Waals surface area contributed by atoms with E-state index in [1.165, 1.54) is 34.7 Å². The normalized spacial score (nSPS) is 38.7. The minimum atomic E-state index is -0.395. The Morgan fingerprint density at radius 2 is 1.94 bits per heavy atom. The monoisotopic (exact) mass is 463 g/mol. The number of hydrogen-bond donors (Lipinski definition) is 2. The molecule has 7 unspecified atom stereocenters. The third-order valence-corrected chi connectivity index (χ3v) is 10.3. The number of aliphatic hydroxyl groups is 1. The molecule has 2 aromatic rings. The van der Waals surface area contributed by atoms with E-state index in [1.54, 1.807) is 0 Å². The van der Waals surface area contributed by atoms with Crippen LogP contribution in [0.3, 0.4) is 0 Å². The van der Waals surface area contributed by atoms with E-state index in [-0.39, 0.29) is 34.2 Å². The molecular weight excluding hydrogens is 422 g/mol. The summed E-state index contributed by atoms with van der Waals surface area (Å²) in [6.07, 6.45) is 7.21. The molecule has 2 saturated carbocycles. The zero-order valence-electron chi connectivity index (χ0n) is 21.7. The Hall–Kier alpha value is -2.07. The predicted octanol–water partition coefficient (Wildman–Crippen LogP) is 6.46. The molecule has 0 amide bonds. The molecule has 3 aliphatic rings. The van der Waals surface area contributed by atoms with Crippen molar-refractivity contribution in [2.75, 3.05) is 0 Å². The number of aromatic amines is 1. The Labute approximate surface area is 204 Å². The lowest BCUT2D eigenvalue weighted by Crippen LogP contribution is -2.66. The van der Waals surface area contributed by atoms with Gasteiger partial charge in [0.15, 0.2) is 0 Å². The predicted molar refractivity (Wildman–Crippen MR) is 137 cm³/mol. The fourth-order valence-electron chi connectivity index (χ4n) is 8.68. The highest BCUT2D eigenvalue weighted by atomic mass is 16.5. The van der Waals surface area contributed by atoms with E-state index < -0.39 is 6.10 Å². The zero-order valence-corrected chi connectivity index (χ0v) is 21.7. The SMILES string of the molecule is CC(=O)OC1CCC2(C)C(C(O)CC3Cc4c([nH]c5ccccc45)C32C)C1(C)CCC=C(C)C. The molecule has 2 fully saturated rings. The fourth-order valence-corrected chi connectivity index (χ4v) is 8.68. The molecule has 1 aromatic carbocycles. The summed E-state index contributed by atoms with van der Waals surface area (Å²) in [4.78, 5) is 16.0. The molecule has 0 saturated heterocycles. The van der Waals surface area contributed by atoms with Crippen LogP contribution in [0.1, 0.15) is 84.9 Å². The molecule has 1 heterocycles. The summed E-state index contributed by atoms with van der Waals surface area (Å²) < 4.78 is 5.99. The van der Waals surface area contributed by atoms with Crippen LogP contribution in [0.15, 0.2) is 35.9 Å². The van der Waals surface area contributed by atoms with Crippen LogP contribution in [-0.2, 0) is 21.4 Å². The van der Waals surface area contributed by atoms with E-state index in [4.69, 9.17) is 4.74 Å². The molecule has 34 heavy (non-hydrogen) atoms. The highest BCUT2D eigenvalue weighted by Crippen LogP contribution is 2.70. The van der Waals surface area contributed by atoms with E-state index in [9.17, 15) is 9.90 Å². The number of rotatable bonds is 4. The summed E-state index contributed by atoms with van der Waals surface area (Å²) in [6, 6.07) is 8.66. The van der Waals surface area contributed by atoms with Crippen molar-refractivity contribution >= 4 is 16.9 Å². The lowest BCUT2D eigenvalue weighted by atomic mass is 9.39. The van der Waals surface area contributed by atoms with Gasteiger partial charge < -0.3 is 14.8 Å². The van der Waals surface area contributed by atoms with Crippen molar-refractivity contribution in [2.45, 2.75) is 97.7 Å². The van der Waals surface area contributed by atoms with E-state index in [2.05, 4.69) is 69.9 Å². The number of esters is 1. The second-order valence-electron chi connectivity index (χ2n) is 12.3. The number of H-pyrrole nitrogens is 1. The van der Waals surface area contributed by atoms with Gasteiger partial charge in [-0.05, 0) is 81.3 Å². The number of carbonyl (C=O) groups excluding carboxylic acids is 1. The van der Waals surface area contributed by atoms with Gasteiger partial charge in [0.2, 0.25) is 0 Å². The standard InChI is InChI=1S/C30H41NO3/c1-18(2)10-9-14-28(4)25(34-19(3)32)13-15-29(5)26(28)24(33)17-20-16-22-21-11-7-8-12-23(21)31-27(22)30(20,29)6/h7-8,10-12,20,24-26,31,33H,9,13-17H2,1-6H3. The van der Waals surface area contributed by atoms with Gasteiger partial charge in [-0.2, -0.15) is 0 Å². The molecule has 5 rings (SSSR count). The van der Waals surface area contributed by atoms with Gasteiger partial charge in [-0.25, -0.2) is 0 Å². The third-order valence-electron chi connectivity index (χ3n) is 10.3. The lowest BCUT2D eigenvalue weighted by molar-refractivity contribution is -0.219. The molecule has 4 nitrogen and oxygen atoms in total. The third kappa shape index (κ3) is 3.17. The molecule has 0 aliphatic heterocycles.